The summed E-state index contributed by atoms with van der Waals surface area (Å²) in [6.45, 7) is 26.3. The van der Waals surface area contributed by atoms with Gasteiger partial charge in [0.05, 0.1) is 0 Å². The Kier molecular flexibility index (Phi) is 6.95. The molecule has 188 valence electrons. The number of nitrogen functional groups attached to an aromatic ring is 1. The van der Waals surface area contributed by atoms with Crippen LogP contribution in [-0.4, -0.2) is 48.4 Å². The number of nitrogens with zero attached hydrogens (tertiary/aromatic N) is 4. The van der Waals surface area contributed by atoms with E-state index in [4.69, 9.17) is 19.3 Å². The summed E-state index contributed by atoms with van der Waals surface area (Å²) in [5, 5.41) is 0.0306. The van der Waals surface area contributed by atoms with Gasteiger partial charge in [-0.2, -0.15) is 0 Å². The summed E-state index contributed by atoms with van der Waals surface area (Å²) in [7, 11) is -4.38. The van der Waals surface area contributed by atoms with E-state index in [9.17, 15) is 0 Å². The predicted octanol–water partition coefficient (Wildman–Crippen LogP) is 5.79. The minimum atomic E-state index is -2.21. The molecule has 0 amide bonds. The molecule has 1 saturated heterocycles. The smallest absolute Gasteiger partial charge is 0.206 e. The van der Waals surface area contributed by atoms with Crippen molar-refractivity contribution in [1.29, 1.82) is 0 Å². The Morgan fingerprint density at radius 3 is 2.15 bits per heavy atom. The molecule has 1 fully saturated rings. The zero-order valence-electron chi connectivity index (χ0n) is 22.3. The van der Waals surface area contributed by atoms with Crippen LogP contribution in [0.3, 0.4) is 0 Å². The van der Waals surface area contributed by atoms with Gasteiger partial charge in [-0.3, -0.25) is 4.57 Å². The Balaban J connectivity index is 2.16. The van der Waals surface area contributed by atoms with E-state index in [1.54, 1.807) is 12.4 Å². The van der Waals surface area contributed by atoms with Crippen molar-refractivity contribution in [3.63, 3.8) is 0 Å². The van der Waals surface area contributed by atoms with E-state index in [2.05, 4.69) is 89.3 Å². The third-order valence-corrected chi connectivity index (χ3v) is 16.5. The van der Waals surface area contributed by atoms with Gasteiger partial charge in [0, 0.05) is 0 Å². The zero-order chi connectivity index (χ0) is 25.7. The average molecular weight is 504 g/mol. The number of ether oxygens (including phenoxy) is 1. The monoisotopic (exact) mass is 503 g/mol. The first kappa shape index (κ1) is 26.6. The molecule has 2 aromatic rings. The molecule has 0 aromatic carbocycles. The highest BCUT2D eigenvalue weighted by Crippen LogP contribution is 2.47. The number of hydrogen-bond acceptors (Lipinski definition) is 7. The molecule has 2 aromatic heterocycles. The minimum Gasteiger partial charge on any atom is -0.469 e. The molecule has 0 spiro atoms. The Bertz CT molecular complexity index is 1080. The van der Waals surface area contributed by atoms with Crippen LogP contribution in [-0.2, 0) is 13.6 Å². The molecule has 8 nitrogen and oxygen atoms in total. The lowest BCUT2D eigenvalue weighted by Gasteiger charge is -2.43. The van der Waals surface area contributed by atoms with Gasteiger partial charge in [0.2, 0.25) is 6.23 Å². The Morgan fingerprint density at radius 2 is 1.59 bits per heavy atom. The topological polar surface area (TPSA) is 97.3 Å². The molecule has 0 radical (unpaired) electrons. The molecule has 3 rings (SSSR count). The van der Waals surface area contributed by atoms with Gasteiger partial charge < -0.3 is 19.3 Å². The lowest BCUT2D eigenvalue weighted by atomic mass is 10.2. The van der Waals surface area contributed by atoms with E-state index < -0.39 is 29.0 Å². The summed E-state index contributed by atoms with van der Waals surface area (Å²) in [5.41, 5.74) is 7.20. The molecule has 34 heavy (non-hydrogen) atoms. The number of rotatable bonds is 6. The van der Waals surface area contributed by atoms with Crippen LogP contribution in [0.4, 0.5) is 5.82 Å². The fourth-order valence-electron chi connectivity index (χ4n) is 3.36. The number of imidazole rings is 1. The summed E-state index contributed by atoms with van der Waals surface area (Å²) in [6, 6.07) is 0. The molecule has 0 bridgehead atoms. The second-order valence-corrected chi connectivity index (χ2v) is 21.6. The maximum Gasteiger partial charge on any atom is 0.206 e. The van der Waals surface area contributed by atoms with Crippen molar-refractivity contribution in [2.45, 2.75) is 96.2 Å². The fourth-order valence-corrected chi connectivity index (χ4v) is 5.88. The van der Waals surface area contributed by atoms with E-state index >= 15 is 0 Å². The average Bonchev–Trinajstić information content (AvgIpc) is 3.23. The molecule has 3 atom stereocenters. The van der Waals surface area contributed by atoms with Gasteiger partial charge in [0.25, 0.3) is 0 Å². The van der Waals surface area contributed by atoms with Gasteiger partial charge in [-0.25, -0.2) is 15.0 Å². The van der Waals surface area contributed by atoms with E-state index in [0.717, 1.165) is 0 Å². The van der Waals surface area contributed by atoms with Gasteiger partial charge in [-0.15, -0.1) is 0 Å². The summed E-state index contributed by atoms with van der Waals surface area (Å²) in [5.74, 6) is 1.04. The van der Waals surface area contributed by atoms with Gasteiger partial charge in [0.1, 0.15) is 36.1 Å². The normalized spacial score (nSPS) is 23.5. The number of fused-ring (bicyclic) bond motifs is 1. The van der Waals surface area contributed by atoms with Crippen molar-refractivity contribution < 1.29 is 13.6 Å². The van der Waals surface area contributed by atoms with E-state index in [0.29, 0.717) is 22.7 Å². The first-order valence-corrected chi connectivity index (χ1v) is 17.6. The van der Waals surface area contributed by atoms with Crippen molar-refractivity contribution in [2.24, 2.45) is 0 Å². The van der Waals surface area contributed by atoms with Crippen LogP contribution in [0, 0.1) is 0 Å². The molecule has 0 saturated carbocycles. The molecular formula is C24H41N5O3Si2. The van der Waals surface area contributed by atoms with Crippen molar-refractivity contribution in [3.05, 3.63) is 37.1 Å². The van der Waals surface area contributed by atoms with E-state index in [1.165, 1.54) is 6.33 Å². The van der Waals surface area contributed by atoms with Gasteiger partial charge in [0.15, 0.2) is 28.1 Å². The molecule has 0 aliphatic carbocycles. The molecule has 1 aliphatic heterocycles. The van der Waals surface area contributed by atoms with Crippen molar-refractivity contribution in [2.75, 3.05) is 5.73 Å². The third kappa shape index (κ3) is 4.86. The molecule has 10 heteroatoms. The highest BCUT2D eigenvalue weighted by atomic mass is 28.4. The quantitative estimate of drug-likeness (QED) is 0.498. The molecule has 3 heterocycles. The third-order valence-electron chi connectivity index (χ3n) is 7.52. The van der Waals surface area contributed by atoms with Crippen LogP contribution in [0.25, 0.3) is 11.2 Å². The van der Waals surface area contributed by atoms with Crippen LogP contribution in [0.15, 0.2) is 37.1 Å². The Hall–Kier alpha value is -2.02. The molecule has 1 aliphatic rings. The maximum atomic E-state index is 7.04. The molecule has 0 unspecified atom stereocenters. The maximum absolute atomic E-state index is 7.04. The predicted molar refractivity (Wildman–Crippen MR) is 142 cm³/mol. The highest BCUT2D eigenvalue weighted by molar-refractivity contribution is 6.74. The van der Waals surface area contributed by atoms with Crippen LogP contribution < -0.4 is 5.73 Å². The minimum absolute atomic E-state index is 0.00752. The lowest BCUT2D eigenvalue weighted by Crippen LogP contribution is -2.52. The Labute approximate surface area is 205 Å². The summed E-state index contributed by atoms with van der Waals surface area (Å²) in [4.78, 5) is 13.0. The second kappa shape index (κ2) is 8.89. The number of aromatic nitrogens is 4. The largest absolute Gasteiger partial charge is 0.469 e. The summed E-state index contributed by atoms with van der Waals surface area (Å²) < 4.78 is 22.4. The van der Waals surface area contributed by atoms with Crippen LogP contribution in [0.2, 0.25) is 36.3 Å². The zero-order valence-corrected chi connectivity index (χ0v) is 24.3. The highest BCUT2D eigenvalue weighted by Gasteiger charge is 2.53. The SMILES string of the molecule is C=C/C=C1\O[C@@H](n2cnc3c(N)ncnc32)[C@H](O[Si](C)(C)C(C)(C)C)[C@@H]1O[Si](C)(C)C(C)(C)C. The van der Waals surface area contributed by atoms with Gasteiger partial charge >= 0.3 is 0 Å². The second-order valence-electron chi connectivity index (χ2n) is 12.0. The van der Waals surface area contributed by atoms with Crippen molar-refractivity contribution >= 4 is 33.6 Å². The molecular weight excluding hydrogens is 462 g/mol. The first-order valence-electron chi connectivity index (χ1n) is 11.8. The van der Waals surface area contributed by atoms with Crippen molar-refractivity contribution in [3.8, 4) is 0 Å². The summed E-state index contributed by atoms with van der Waals surface area (Å²) >= 11 is 0. The fraction of sp³-hybridized carbons (Fsp3) is 0.625. The standard InChI is InChI=1S/C24H41N5O3Si2/c1-12-13-16-18(31-33(8,9)23(2,3)4)19(32-34(10,11)24(5,6)7)22(30-16)29-15-28-17-20(25)26-14-27-21(17)29/h12-15,18-19,22H,1H2,2-11H3,(H2,25,26,27)/b16-13-/t18-,19-,22-/m1/s1. The molecule has 2 N–H and O–H groups in total. The van der Waals surface area contributed by atoms with Crippen LogP contribution >= 0.6 is 0 Å². The number of allylic oxidation sites excluding steroid dienone is 2. The number of nitrogens with two attached hydrogens (primary N) is 1. The van der Waals surface area contributed by atoms with Gasteiger partial charge in [-0.1, -0.05) is 54.2 Å². The Morgan fingerprint density at radius 1 is 1.00 bits per heavy atom. The van der Waals surface area contributed by atoms with Gasteiger partial charge in [-0.05, 0) is 42.3 Å². The lowest BCUT2D eigenvalue weighted by molar-refractivity contribution is -0.00177. The van der Waals surface area contributed by atoms with E-state index in [-0.39, 0.29) is 16.2 Å². The van der Waals surface area contributed by atoms with Crippen LogP contribution in [0.5, 0.6) is 0 Å². The first-order chi connectivity index (χ1) is 15.5. The van der Waals surface area contributed by atoms with Crippen molar-refractivity contribution in [1.82, 2.24) is 19.5 Å². The van der Waals surface area contributed by atoms with E-state index in [1.807, 2.05) is 10.6 Å². The number of hydrogen-bond donors (Lipinski definition) is 1. The van der Waals surface area contributed by atoms with Crippen LogP contribution in [0.1, 0.15) is 47.8 Å². The summed E-state index contributed by atoms with van der Waals surface area (Å²) in [6.07, 6.45) is 5.46. The number of anilines is 1.